The Kier molecular flexibility index (Phi) is 4.56. The number of carbonyl (C=O) groups excluding carboxylic acids is 1. The highest BCUT2D eigenvalue weighted by atomic mass is 16.5. The van der Waals surface area contributed by atoms with E-state index in [0.29, 0.717) is 0 Å². The lowest BCUT2D eigenvalue weighted by molar-refractivity contribution is 0.0819. The third kappa shape index (κ3) is 2.96. The maximum Gasteiger partial charge on any atom is 0.181 e. The Balaban J connectivity index is 2.23. The molecule has 104 valence electrons. The Morgan fingerprint density at radius 1 is 1.53 bits per heavy atom. The van der Waals surface area contributed by atoms with Gasteiger partial charge in [0.1, 0.15) is 5.75 Å². The number of methoxy groups -OCH3 is 1. The molecule has 0 spiro atoms. The van der Waals surface area contributed by atoms with Crippen LogP contribution in [0.1, 0.15) is 22.8 Å². The van der Waals surface area contributed by atoms with Crippen molar-refractivity contribution in [3.05, 3.63) is 29.3 Å². The van der Waals surface area contributed by atoms with Crippen LogP contribution in [0.25, 0.3) is 0 Å². The molecule has 1 aliphatic heterocycles. The summed E-state index contributed by atoms with van der Waals surface area (Å²) in [6, 6.07) is 5.65. The maximum absolute atomic E-state index is 12.6. The summed E-state index contributed by atoms with van der Waals surface area (Å²) in [5.41, 5.74) is 1.86. The molecule has 1 atom stereocenters. The molecule has 1 aromatic rings. The fourth-order valence-corrected chi connectivity index (χ4v) is 2.50. The van der Waals surface area contributed by atoms with E-state index >= 15 is 0 Å². The van der Waals surface area contributed by atoms with Gasteiger partial charge in [-0.1, -0.05) is 6.92 Å². The van der Waals surface area contributed by atoms with Crippen molar-refractivity contribution < 1.29 is 9.53 Å². The van der Waals surface area contributed by atoms with Crippen molar-refractivity contribution in [3.63, 3.8) is 0 Å². The molecule has 1 heterocycles. The van der Waals surface area contributed by atoms with Crippen molar-refractivity contribution in [2.24, 2.45) is 0 Å². The van der Waals surface area contributed by atoms with Crippen molar-refractivity contribution in [2.45, 2.75) is 19.4 Å². The summed E-state index contributed by atoms with van der Waals surface area (Å²) in [5, 5.41) is 3.28. The number of rotatable bonds is 4. The third-order valence-corrected chi connectivity index (χ3v) is 3.76. The highest BCUT2D eigenvalue weighted by Gasteiger charge is 2.26. The number of nitrogens with zero attached hydrogens (tertiary/aromatic N) is 1. The van der Waals surface area contributed by atoms with Crippen LogP contribution < -0.4 is 10.1 Å². The van der Waals surface area contributed by atoms with Crippen molar-refractivity contribution in [3.8, 4) is 5.75 Å². The number of ketones is 1. The topological polar surface area (TPSA) is 41.6 Å². The van der Waals surface area contributed by atoms with Gasteiger partial charge in [0.15, 0.2) is 5.78 Å². The molecular formula is C15H22N2O2. The minimum Gasteiger partial charge on any atom is -0.496 e. The summed E-state index contributed by atoms with van der Waals surface area (Å²) >= 11 is 0. The number of aryl methyl sites for hydroxylation is 1. The molecule has 4 nitrogen and oxygen atoms in total. The number of piperazine rings is 1. The van der Waals surface area contributed by atoms with Crippen LogP contribution in [0.4, 0.5) is 0 Å². The highest BCUT2D eigenvalue weighted by molar-refractivity contribution is 6.00. The molecule has 1 N–H and O–H groups in total. The number of Topliss-reactive ketones (excluding diaryl/α,β-unsaturated/α-hetero) is 1. The van der Waals surface area contributed by atoms with E-state index in [2.05, 4.69) is 17.1 Å². The Morgan fingerprint density at radius 2 is 2.32 bits per heavy atom. The van der Waals surface area contributed by atoms with Gasteiger partial charge in [-0.3, -0.25) is 9.69 Å². The lowest BCUT2D eigenvalue weighted by Gasteiger charge is -2.32. The van der Waals surface area contributed by atoms with E-state index in [1.165, 1.54) is 0 Å². The molecule has 0 radical (unpaired) electrons. The zero-order chi connectivity index (χ0) is 13.8. The Hall–Kier alpha value is -1.39. The quantitative estimate of drug-likeness (QED) is 0.832. The number of nitrogens with one attached hydrogen (secondary N) is 1. The van der Waals surface area contributed by atoms with Crippen LogP contribution in [-0.4, -0.2) is 50.5 Å². The molecule has 19 heavy (non-hydrogen) atoms. The van der Waals surface area contributed by atoms with Gasteiger partial charge >= 0.3 is 0 Å². The summed E-state index contributed by atoms with van der Waals surface area (Å²) in [4.78, 5) is 14.7. The molecular weight excluding hydrogens is 240 g/mol. The van der Waals surface area contributed by atoms with E-state index in [4.69, 9.17) is 4.74 Å². The zero-order valence-corrected chi connectivity index (χ0v) is 11.9. The largest absolute Gasteiger partial charge is 0.496 e. The summed E-state index contributed by atoms with van der Waals surface area (Å²) in [7, 11) is 3.67. The minimum absolute atomic E-state index is 0.0631. The normalized spacial score (nSPS) is 20.3. The fourth-order valence-electron chi connectivity index (χ4n) is 2.50. The monoisotopic (exact) mass is 262 g/mol. The lowest BCUT2D eigenvalue weighted by Crippen LogP contribution is -2.53. The summed E-state index contributed by atoms with van der Waals surface area (Å²) in [6.07, 6.45) is 0.864. The van der Waals surface area contributed by atoms with E-state index in [0.717, 1.165) is 42.9 Å². The van der Waals surface area contributed by atoms with E-state index in [9.17, 15) is 4.79 Å². The number of hydrogen-bond donors (Lipinski definition) is 1. The van der Waals surface area contributed by atoms with Crippen molar-refractivity contribution in [1.29, 1.82) is 0 Å². The maximum atomic E-state index is 12.6. The molecule has 0 saturated carbocycles. The smallest absolute Gasteiger partial charge is 0.181 e. The predicted octanol–water partition coefficient (Wildman–Crippen LogP) is 1.34. The first-order valence-corrected chi connectivity index (χ1v) is 6.79. The van der Waals surface area contributed by atoms with E-state index in [1.807, 2.05) is 25.2 Å². The molecule has 0 amide bonds. The van der Waals surface area contributed by atoms with Crippen molar-refractivity contribution >= 4 is 5.78 Å². The van der Waals surface area contributed by atoms with E-state index in [-0.39, 0.29) is 11.8 Å². The molecule has 4 heteroatoms. The first-order chi connectivity index (χ1) is 9.17. The first kappa shape index (κ1) is 14.0. The SMILES string of the molecule is CCc1cc(C(=O)C2CNCCN2C)ccc1OC. The molecule has 1 aromatic carbocycles. The van der Waals surface area contributed by atoms with Crippen molar-refractivity contribution in [2.75, 3.05) is 33.8 Å². The van der Waals surface area contributed by atoms with Gasteiger partial charge in [-0.2, -0.15) is 0 Å². The number of likely N-dealkylation sites (N-methyl/N-ethyl adjacent to an activating group) is 1. The van der Waals surface area contributed by atoms with Crippen molar-refractivity contribution in [1.82, 2.24) is 10.2 Å². The van der Waals surface area contributed by atoms with Crippen LogP contribution in [0.2, 0.25) is 0 Å². The number of carbonyl (C=O) groups is 1. The second-order valence-electron chi connectivity index (χ2n) is 4.94. The third-order valence-electron chi connectivity index (χ3n) is 3.76. The van der Waals surface area contributed by atoms with Gasteiger partial charge in [0.05, 0.1) is 13.2 Å². The number of hydrogen-bond acceptors (Lipinski definition) is 4. The van der Waals surface area contributed by atoms with Crippen LogP contribution in [-0.2, 0) is 6.42 Å². The van der Waals surface area contributed by atoms with Crippen LogP contribution >= 0.6 is 0 Å². The molecule has 2 rings (SSSR count). The van der Waals surface area contributed by atoms with Gasteiger partial charge in [-0.05, 0) is 37.2 Å². The van der Waals surface area contributed by atoms with Crippen LogP contribution in [0.3, 0.4) is 0 Å². The van der Waals surface area contributed by atoms with Gasteiger partial charge in [0.2, 0.25) is 0 Å². The highest BCUT2D eigenvalue weighted by Crippen LogP contribution is 2.22. The van der Waals surface area contributed by atoms with Crippen LogP contribution in [0, 0.1) is 0 Å². The molecule has 1 aliphatic rings. The average Bonchev–Trinajstić information content (AvgIpc) is 2.46. The van der Waals surface area contributed by atoms with Gasteiger partial charge < -0.3 is 10.1 Å². The van der Waals surface area contributed by atoms with Gasteiger partial charge in [0, 0.05) is 25.2 Å². The Bertz CT molecular complexity index is 459. The lowest BCUT2D eigenvalue weighted by atomic mass is 9.98. The Labute approximate surface area is 114 Å². The molecule has 1 saturated heterocycles. The summed E-state index contributed by atoms with van der Waals surface area (Å²) in [5.74, 6) is 1.04. The minimum atomic E-state index is -0.0631. The second-order valence-corrected chi connectivity index (χ2v) is 4.94. The predicted molar refractivity (Wildman–Crippen MR) is 76.0 cm³/mol. The van der Waals surface area contributed by atoms with Gasteiger partial charge in [-0.25, -0.2) is 0 Å². The molecule has 0 bridgehead atoms. The summed E-state index contributed by atoms with van der Waals surface area (Å²) < 4.78 is 5.30. The van der Waals surface area contributed by atoms with Crippen LogP contribution in [0.5, 0.6) is 5.75 Å². The standard InChI is InChI=1S/C15H22N2O2/c1-4-11-9-12(5-6-14(11)19-3)15(18)13-10-16-7-8-17(13)2/h5-6,9,13,16H,4,7-8,10H2,1-3H3. The first-order valence-electron chi connectivity index (χ1n) is 6.79. The van der Waals surface area contributed by atoms with E-state index in [1.54, 1.807) is 7.11 Å². The average molecular weight is 262 g/mol. The molecule has 0 aromatic heterocycles. The zero-order valence-electron chi connectivity index (χ0n) is 11.9. The summed E-state index contributed by atoms with van der Waals surface area (Å²) in [6.45, 7) is 4.65. The number of ether oxygens (including phenoxy) is 1. The van der Waals surface area contributed by atoms with E-state index < -0.39 is 0 Å². The van der Waals surface area contributed by atoms with Gasteiger partial charge in [-0.15, -0.1) is 0 Å². The Morgan fingerprint density at radius 3 is 2.95 bits per heavy atom. The molecule has 0 aliphatic carbocycles. The van der Waals surface area contributed by atoms with Gasteiger partial charge in [0.25, 0.3) is 0 Å². The molecule has 1 unspecified atom stereocenters. The van der Waals surface area contributed by atoms with Crippen LogP contribution in [0.15, 0.2) is 18.2 Å². The second kappa shape index (κ2) is 6.17. The number of benzene rings is 1. The fraction of sp³-hybridized carbons (Fsp3) is 0.533. The molecule has 1 fully saturated rings.